The highest BCUT2D eigenvalue weighted by molar-refractivity contribution is 6.13. The number of carboxylic acids is 2. The number of unbranched alkanes of at least 4 members (excludes halogenated alkanes) is 4. The van der Waals surface area contributed by atoms with E-state index >= 15 is 0 Å². The zero-order chi connectivity index (χ0) is 23.7. The molecule has 0 saturated carbocycles. The highest BCUT2D eigenvalue weighted by atomic mass is 16.4. The molecule has 0 heterocycles. The summed E-state index contributed by atoms with van der Waals surface area (Å²) in [5.41, 5.74) is 2.07. The Morgan fingerprint density at radius 3 is 1.88 bits per heavy atom. The highest BCUT2D eigenvalue weighted by Gasteiger charge is 2.25. The van der Waals surface area contributed by atoms with E-state index in [2.05, 4.69) is 27.7 Å². The van der Waals surface area contributed by atoms with Crippen molar-refractivity contribution in [3.8, 4) is 0 Å². The molecule has 32 heavy (non-hydrogen) atoms. The van der Waals surface area contributed by atoms with Crippen molar-refractivity contribution in [3.63, 3.8) is 0 Å². The van der Waals surface area contributed by atoms with E-state index in [9.17, 15) is 19.8 Å². The molecule has 0 fully saturated rings. The highest BCUT2D eigenvalue weighted by Crippen LogP contribution is 2.37. The summed E-state index contributed by atoms with van der Waals surface area (Å²) >= 11 is 0. The first-order valence-corrected chi connectivity index (χ1v) is 12.5. The summed E-state index contributed by atoms with van der Waals surface area (Å²) in [6.07, 6.45) is 10.4. The van der Waals surface area contributed by atoms with Crippen molar-refractivity contribution < 1.29 is 19.8 Å². The van der Waals surface area contributed by atoms with Gasteiger partial charge in [-0.1, -0.05) is 84.4 Å². The van der Waals surface area contributed by atoms with Gasteiger partial charge < -0.3 is 10.2 Å². The van der Waals surface area contributed by atoms with Gasteiger partial charge in [0.2, 0.25) is 0 Å². The Hall–Kier alpha value is -2.36. The van der Waals surface area contributed by atoms with Crippen LogP contribution < -0.4 is 0 Å². The van der Waals surface area contributed by atoms with Gasteiger partial charge in [0, 0.05) is 5.39 Å². The molecule has 0 spiro atoms. The van der Waals surface area contributed by atoms with Crippen LogP contribution in [0, 0.1) is 0 Å². The number of carboxylic acid groups (broad SMARTS) is 2. The number of hydrogen-bond donors (Lipinski definition) is 2. The average Bonchev–Trinajstić information content (AvgIpc) is 2.78. The molecule has 0 aliphatic rings. The second-order valence-corrected chi connectivity index (χ2v) is 9.01. The fraction of sp³-hybridized carbons (Fsp3) is 0.571. The molecular formula is C28H40O4. The second kappa shape index (κ2) is 12.6. The van der Waals surface area contributed by atoms with Crippen LogP contribution in [0.5, 0.6) is 0 Å². The molecule has 0 aromatic heterocycles. The third-order valence-corrected chi connectivity index (χ3v) is 6.83. The Morgan fingerprint density at radius 1 is 0.781 bits per heavy atom. The molecule has 2 aromatic carbocycles. The van der Waals surface area contributed by atoms with Gasteiger partial charge in [0.25, 0.3) is 0 Å². The normalized spacial score (nSPS) is 13.2. The lowest BCUT2D eigenvalue weighted by Gasteiger charge is -2.22. The van der Waals surface area contributed by atoms with Crippen LogP contribution >= 0.6 is 0 Å². The van der Waals surface area contributed by atoms with Gasteiger partial charge >= 0.3 is 11.9 Å². The number of hydrogen-bond acceptors (Lipinski definition) is 2. The van der Waals surface area contributed by atoms with E-state index in [-0.39, 0.29) is 23.0 Å². The maximum atomic E-state index is 12.4. The Bertz CT molecular complexity index is 915. The minimum atomic E-state index is -1.06. The fourth-order valence-electron chi connectivity index (χ4n) is 4.95. The summed E-state index contributed by atoms with van der Waals surface area (Å²) in [6, 6.07) is 7.63. The predicted molar refractivity (Wildman–Crippen MR) is 132 cm³/mol. The third kappa shape index (κ3) is 6.11. The minimum absolute atomic E-state index is 0.120. The van der Waals surface area contributed by atoms with Crippen molar-refractivity contribution in [2.45, 2.75) is 104 Å². The molecule has 4 heteroatoms. The van der Waals surface area contributed by atoms with E-state index in [4.69, 9.17) is 0 Å². The maximum Gasteiger partial charge on any atom is 0.336 e. The molecule has 0 aliphatic carbocycles. The molecule has 0 aliphatic heterocycles. The van der Waals surface area contributed by atoms with Crippen molar-refractivity contribution in [1.82, 2.24) is 0 Å². The fourth-order valence-corrected chi connectivity index (χ4v) is 4.95. The van der Waals surface area contributed by atoms with Crippen LogP contribution in [0.25, 0.3) is 10.8 Å². The molecule has 2 unspecified atom stereocenters. The summed E-state index contributed by atoms with van der Waals surface area (Å²) in [5.74, 6) is -1.69. The van der Waals surface area contributed by atoms with E-state index in [1.165, 1.54) is 6.42 Å². The molecule has 0 amide bonds. The summed E-state index contributed by atoms with van der Waals surface area (Å²) < 4.78 is 0. The van der Waals surface area contributed by atoms with Gasteiger partial charge in [0.05, 0.1) is 11.1 Å². The van der Waals surface area contributed by atoms with Gasteiger partial charge in [-0.3, -0.25) is 0 Å². The van der Waals surface area contributed by atoms with Gasteiger partial charge in [-0.2, -0.15) is 0 Å². The van der Waals surface area contributed by atoms with Crippen LogP contribution in [0.2, 0.25) is 0 Å². The van der Waals surface area contributed by atoms with Crippen molar-refractivity contribution in [2.75, 3.05) is 0 Å². The van der Waals surface area contributed by atoms with Crippen LogP contribution in [0.15, 0.2) is 24.3 Å². The molecule has 0 saturated heterocycles. The summed E-state index contributed by atoms with van der Waals surface area (Å²) in [4.78, 5) is 24.7. The maximum absolute atomic E-state index is 12.4. The molecule has 0 bridgehead atoms. The average molecular weight is 441 g/mol. The lowest BCUT2D eigenvalue weighted by molar-refractivity contribution is 0.0694. The SMILES string of the molecule is CCCCCC(CC)c1cc(C(=O)O)c2c(C(=O)O)c(C(CC)CCCCC)ccc2c1. The quantitative estimate of drug-likeness (QED) is 0.289. The largest absolute Gasteiger partial charge is 0.478 e. The van der Waals surface area contributed by atoms with Gasteiger partial charge in [-0.15, -0.1) is 0 Å². The van der Waals surface area contributed by atoms with Crippen LogP contribution in [0.4, 0.5) is 0 Å². The Balaban J connectivity index is 2.66. The van der Waals surface area contributed by atoms with Gasteiger partial charge in [0.15, 0.2) is 0 Å². The molecule has 2 rings (SSSR count). The molecule has 4 nitrogen and oxygen atoms in total. The summed E-state index contributed by atoms with van der Waals surface area (Å²) in [6.45, 7) is 8.55. The predicted octanol–water partition coefficient (Wildman–Crippen LogP) is 8.38. The zero-order valence-electron chi connectivity index (χ0n) is 20.2. The summed E-state index contributed by atoms with van der Waals surface area (Å²) in [7, 11) is 0. The second-order valence-electron chi connectivity index (χ2n) is 9.01. The smallest absolute Gasteiger partial charge is 0.336 e. The van der Waals surface area contributed by atoms with Crippen LogP contribution in [-0.4, -0.2) is 22.2 Å². The minimum Gasteiger partial charge on any atom is -0.478 e. The van der Waals surface area contributed by atoms with Crippen LogP contribution in [0.3, 0.4) is 0 Å². The van der Waals surface area contributed by atoms with E-state index in [0.717, 1.165) is 74.3 Å². The first-order valence-electron chi connectivity index (χ1n) is 12.5. The number of carbonyl (C=O) groups is 2. The Morgan fingerprint density at radius 2 is 1.38 bits per heavy atom. The lowest BCUT2D eigenvalue weighted by atomic mass is 9.82. The van der Waals surface area contributed by atoms with Crippen molar-refractivity contribution >= 4 is 22.7 Å². The lowest BCUT2D eigenvalue weighted by Crippen LogP contribution is -2.12. The topological polar surface area (TPSA) is 74.6 Å². The van der Waals surface area contributed by atoms with Crippen LogP contribution in [0.1, 0.15) is 136 Å². The molecule has 2 atom stereocenters. The number of benzene rings is 2. The van der Waals surface area contributed by atoms with Crippen molar-refractivity contribution in [3.05, 3.63) is 46.5 Å². The summed E-state index contributed by atoms with van der Waals surface area (Å²) in [5, 5.41) is 21.3. The molecule has 176 valence electrons. The van der Waals surface area contributed by atoms with Crippen LogP contribution in [-0.2, 0) is 0 Å². The Labute approximate surface area is 193 Å². The molecule has 2 N–H and O–H groups in total. The standard InChI is InChI=1S/C28H40O4/c1-5-9-11-13-19(7-3)22-17-21-15-16-23(20(8-4)14-12-10-6-2)26(28(31)32)25(21)24(18-22)27(29)30/h15-20H,5-14H2,1-4H3,(H,29,30)(H,31,32). The van der Waals surface area contributed by atoms with E-state index < -0.39 is 11.9 Å². The van der Waals surface area contributed by atoms with E-state index in [0.29, 0.717) is 5.39 Å². The third-order valence-electron chi connectivity index (χ3n) is 6.83. The van der Waals surface area contributed by atoms with Gasteiger partial charge in [0.1, 0.15) is 0 Å². The number of rotatable bonds is 14. The molecular weight excluding hydrogens is 400 g/mol. The van der Waals surface area contributed by atoms with Gasteiger partial charge in [-0.05, 0) is 60.1 Å². The van der Waals surface area contributed by atoms with Gasteiger partial charge in [-0.25, -0.2) is 9.59 Å². The monoisotopic (exact) mass is 440 g/mol. The number of aromatic carboxylic acids is 2. The van der Waals surface area contributed by atoms with E-state index in [1.54, 1.807) is 6.07 Å². The number of fused-ring (bicyclic) bond motifs is 1. The first-order chi connectivity index (χ1) is 15.4. The van der Waals surface area contributed by atoms with Crippen molar-refractivity contribution in [2.24, 2.45) is 0 Å². The molecule has 0 radical (unpaired) electrons. The Kier molecular flexibility index (Phi) is 10.2. The zero-order valence-corrected chi connectivity index (χ0v) is 20.2. The van der Waals surface area contributed by atoms with Crippen molar-refractivity contribution in [1.29, 1.82) is 0 Å². The molecule has 2 aromatic rings. The van der Waals surface area contributed by atoms with E-state index in [1.807, 2.05) is 18.2 Å². The first kappa shape index (κ1) is 25.9.